The maximum atomic E-state index is 9.56. The van der Waals surface area contributed by atoms with E-state index in [1.54, 1.807) is 30.6 Å². The minimum Gasteiger partial charge on any atom is -0.506 e. The van der Waals surface area contributed by atoms with Gasteiger partial charge in [-0.15, -0.1) is 4.80 Å². The molecule has 72 valence electrons. The molecule has 0 radical (unpaired) electrons. The number of nitrogens with two attached hydrogens (primary N) is 1. The van der Waals surface area contributed by atoms with Crippen LogP contribution < -0.4 is 5.73 Å². The van der Waals surface area contributed by atoms with Gasteiger partial charge in [-0.05, 0) is 17.7 Å². The molecule has 5 heteroatoms. The minimum atomic E-state index is 0.137. The van der Waals surface area contributed by atoms with Gasteiger partial charge in [0.25, 0.3) is 0 Å². The summed E-state index contributed by atoms with van der Waals surface area (Å²) in [5.41, 5.74) is 6.96. The van der Waals surface area contributed by atoms with Gasteiger partial charge in [0.2, 0.25) is 0 Å². The van der Waals surface area contributed by atoms with E-state index in [0.717, 1.165) is 5.56 Å². The molecule has 0 amide bonds. The number of nitrogens with zero attached hydrogens (tertiary/aromatic N) is 3. The monoisotopic (exact) mass is 190 g/mol. The van der Waals surface area contributed by atoms with Gasteiger partial charge in [0, 0.05) is 6.54 Å². The molecule has 1 aromatic heterocycles. The van der Waals surface area contributed by atoms with Crippen molar-refractivity contribution in [3.8, 4) is 11.4 Å². The molecule has 1 heterocycles. The van der Waals surface area contributed by atoms with Gasteiger partial charge in [0.1, 0.15) is 11.4 Å². The van der Waals surface area contributed by atoms with Crippen molar-refractivity contribution in [2.24, 2.45) is 5.73 Å². The zero-order chi connectivity index (χ0) is 9.97. The van der Waals surface area contributed by atoms with Crippen LogP contribution in [0.2, 0.25) is 0 Å². The first-order valence-electron chi connectivity index (χ1n) is 4.20. The molecule has 3 N–H and O–H groups in total. The Balaban J connectivity index is 2.51. The van der Waals surface area contributed by atoms with Crippen LogP contribution in [-0.2, 0) is 6.54 Å². The quantitative estimate of drug-likeness (QED) is 0.720. The predicted molar refractivity (Wildman–Crippen MR) is 50.9 cm³/mol. The number of aromatic nitrogens is 3. The fourth-order valence-electron chi connectivity index (χ4n) is 1.20. The van der Waals surface area contributed by atoms with Gasteiger partial charge in [-0.2, -0.15) is 10.2 Å². The maximum absolute atomic E-state index is 9.56. The lowest BCUT2D eigenvalue weighted by molar-refractivity contribution is 0.467. The lowest BCUT2D eigenvalue weighted by Crippen LogP contribution is -2.02. The maximum Gasteiger partial charge on any atom is 0.143 e. The summed E-state index contributed by atoms with van der Waals surface area (Å²) in [4.78, 5) is 1.36. The molecule has 2 aromatic rings. The Labute approximate surface area is 80.8 Å². The van der Waals surface area contributed by atoms with E-state index in [0.29, 0.717) is 12.2 Å². The molecule has 0 saturated heterocycles. The van der Waals surface area contributed by atoms with E-state index in [2.05, 4.69) is 10.2 Å². The van der Waals surface area contributed by atoms with Crippen LogP contribution in [-0.4, -0.2) is 20.1 Å². The second-order valence-corrected chi connectivity index (χ2v) is 2.85. The molecular formula is C9H10N4O. The van der Waals surface area contributed by atoms with Crippen molar-refractivity contribution in [2.75, 3.05) is 0 Å². The van der Waals surface area contributed by atoms with Crippen molar-refractivity contribution in [3.05, 3.63) is 36.2 Å². The number of phenolic OH excluding ortho intramolecular Hbond substituents is 1. The third-order valence-corrected chi connectivity index (χ3v) is 1.91. The normalized spacial score (nSPS) is 10.4. The van der Waals surface area contributed by atoms with E-state index in [4.69, 9.17) is 5.73 Å². The van der Waals surface area contributed by atoms with Crippen molar-refractivity contribution in [1.29, 1.82) is 0 Å². The predicted octanol–water partition coefficient (Wildman–Crippen LogP) is 0.432. The number of benzene rings is 1. The lowest BCUT2D eigenvalue weighted by Gasteiger charge is -2.04. The zero-order valence-electron chi connectivity index (χ0n) is 7.46. The highest BCUT2D eigenvalue weighted by Gasteiger charge is 2.05. The summed E-state index contributed by atoms with van der Waals surface area (Å²) in [6, 6.07) is 5.11. The topological polar surface area (TPSA) is 77.0 Å². The molecule has 0 atom stereocenters. The molecule has 0 saturated carbocycles. The number of rotatable bonds is 2. The summed E-state index contributed by atoms with van der Waals surface area (Å²) in [5.74, 6) is 0.137. The van der Waals surface area contributed by atoms with E-state index in [1.165, 1.54) is 4.80 Å². The molecule has 0 aliphatic carbocycles. The van der Waals surface area contributed by atoms with Crippen LogP contribution in [0.4, 0.5) is 0 Å². The second-order valence-electron chi connectivity index (χ2n) is 2.85. The van der Waals surface area contributed by atoms with Gasteiger partial charge in [-0.1, -0.05) is 6.07 Å². The number of hydrogen-bond donors (Lipinski definition) is 2. The van der Waals surface area contributed by atoms with Crippen LogP contribution in [0.3, 0.4) is 0 Å². The highest BCUT2D eigenvalue weighted by atomic mass is 16.3. The van der Waals surface area contributed by atoms with Crippen molar-refractivity contribution >= 4 is 0 Å². The fourth-order valence-corrected chi connectivity index (χ4v) is 1.20. The van der Waals surface area contributed by atoms with Crippen LogP contribution in [0.25, 0.3) is 5.69 Å². The molecule has 0 bridgehead atoms. The summed E-state index contributed by atoms with van der Waals surface area (Å²) >= 11 is 0. The number of aromatic hydroxyl groups is 1. The van der Waals surface area contributed by atoms with E-state index in [1.807, 2.05) is 0 Å². The van der Waals surface area contributed by atoms with Gasteiger partial charge in [-0.25, -0.2) is 0 Å². The molecular weight excluding hydrogens is 180 g/mol. The van der Waals surface area contributed by atoms with Crippen LogP contribution >= 0.6 is 0 Å². The lowest BCUT2D eigenvalue weighted by atomic mass is 10.2. The molecule has 0 aliphatic rings. The summed E-state index contributed by atoms with van der Waals surface area (Å²) in [5, 5.41) is 17.4. The third-order valence-electron chi connectivity index (χ3n) is 1.91. The Hall–Kier alpha value is -1.88. The van der Waals surface area contributed by atoms with Gasteiger partial charge in [0.15, 0.2) is 0 Å². The highest BCUT2D eigenvalue weighted by molar-refractivity contribution is 5.46. The number of hydrogen-bond acceptors (Lipinski definition) is 4. The van der Waals surface area contributed by atoms with Gasteiger partial charge >= 0.3 is 0 Å². The highest BCUT2D eigenvalue weighted by Crippen LogP contribution is 2.20. The number of phenols is 1. The standard InChI is InChI=1S/C9H10N4O/c10-6-7-1-2-9(14)8(5-7)13-11-3-4-12-13/h1-5,14H,6,10H2. The molecule has 0 unspecified atom stereocenters. The largest absolute Gasteiger partial charge is 0.506 e. The Kier molecular flexibility index (Phi) is 2.16. The van der Waals surface area contributed by atoms with Crippen molar-refractivity contribution in [1.82, 2.24) is 15.0 Å². The first-order valence-corrected chi connectivity index (χ1v) is 4.20. The van der Waals surface area contributed by atoms with Gasteiger partial charge in [0.05, 0.1) is 12.4 Å². The summed E-state index contributed by atoms with van der Waals surface area (Å²) in [6.45, 7) is 0.425. The average Bonchev–Trinajstić information content (AvgIpc) is 2.71. The second kappa shape index (κ2) is 3.47. The summed E-state index contributed by atoms with van der Waals surface area (Å²) in [6.07, 6.45) is 3.10. The van der Waals surface area contributed by atoms with Crippen LogP contribution in [0, 0.1) is 0 Å². The molecule has 1 aromatic carbocycles. The molecule has 0 spiro atoms. The smallest absolute Gasteiger partial charge is 0.143 e. The zero-order valence-corrected chi connectivity index (χ0v) is 7.46. The average molecular weight is 190 g/mol. The van der Waals surface area contributed by atoms with E-state index < -0.39 is 0 Å². The first kappa shape index (κ1) is 8.71. The summed E-state index contributed by atoms with van der Waals surface area (Å²) < 4.78 is 0. The SMILES string of the molecule is NCc1ccc(O)c(-n2nccn2)c1. The van der Waals surface area contributed by atoms with E-state index in [9.17, 15) is 5.11 Å². The Bertz CT molecular complexity index is 424. The first-order chi connectivity index (χ1) is 6.81. The summed E-state index contributed by atoms with van der Waals surface area (Å²) in [7, 11) is 0. The Morgan fingerprint density at radius 1 is 1.29 bits per heavy atom. The van der Waals surface area contributed by atoms with Crippen LogP contribution in [0.1, 0.15) is 5.56 Å². The van der Waals surface area contributed by atoms with Crippen LogP contribution in [0.5, 0.6) is 5.75 Å². The van der Waals surface area contributed by atoms with Crippen molar-refractivity contribution in [3.63, 3.8) is 0 Å². The van der Waals surface area contributed by atoms with E-state index in [-0.39, 0.29) is 5.75 Å². The Morgan fingerprint density at radius 3 is 2.64 bits per heavy atom. The molecule has 0 aliphatic heterocycles. The molecule has 14 heavy (non-hydrogen) atoms. The minimum absolute atomic E-state index is 0.137. The van der Waals surface area contributed by atoms with Crippen LogP contribution in [0.15, 0.2) is 30.6 Å². The fraction of sp³-hybridized carbons (Fsp3) is 0.111. The van der Waals surface area contributed by atoms with Crippen molar-refractivity contribution < 1.29 is 5.11 Å². The Morgan fingerprint density at radius 2 is 2.00 bits per heavy atom. The molecule has 2 rings (SSSR count). The van der Waals surface area contributed by atoms with Gasteiger partial charge < -0.3 is 10.8 Å². The molecule has 0 fully saturated rings. The van der Waals surface area contributed by atoms with Crippen molar-refractivity contribution in [2.45, 2.75) is 6.54 Å². The van der Waals surface area contributed by atoms with Gasteiger partial charge in [-0.3, -0.25) is 0 Å². The third kappa shape index (κ3) is 1.45. The van der Waals surface area contributed by atoms with E-state index >= 15 is 0 Å². The molecule has 5 nitrogen and oxygen atoms in total.